The quantitative estimate of drug-likeness (QED) is 0.429. The minimum atomic E-state index is -0.244. The number of ether oxygens (including phenoxy) is 2. The summed E-state index contributed by atoms with van der Waals surface area (Å²) in [5, 5.41) is 4.57. The molecule has 0 amide bonds. The Hall–Kier alpha value is -1.80. The first-order chi connectivity index (χ1) is 10.6. The van der Waals surface area contributed by atoms with Crippen LogP contribution in [0.2, 0.25) is 5.02 Å². The van der Waals surface area contributed by atoms with E-state index in [9.17, 15) is 4.79 Å². The number of halogens is 2. The third kappa shape index (κ3) is 5.40. The molecule has 2 rings (SSSR count). The summed E-state index contributed by atoms with van der Waals surface area (Å²) < 4.78 is 11.6. The fourth-order valence-electron chi connectivity index (χ4n) is 1.72. The number of carbonyl (C=O) groups is 1. The first-order valence-electron chi connectivity index (χ1n) is 6.72. The fourth-order valence-corrected chi connectivity index (χ4v) is 1.89. The van der Waals surface area contributed by atoms with Gasteiger partial charge in [0.15, 0.2) is 18.6 Å². The zero-order valence-electron chi connectivity index (χ0n) is 12.7. The third-order valence-electron chi connectivity index (χ3n) is 2.79. The highest BCUT2D eigenvalue weighted by molar-refractivity contribution is 6.31. The molecule has 2 heterocycles. The highest BCUT2D eigenvalue weighted by Gasteiger charge is 2.12. The Bertz CT molecular complexity index is 655. The molecule has 7 nitrogen and oxygen atoms in total. The summed E-state index contributed by atoms with van der Waals surface area (Å²) >= 11 is 5.89. The lowest BCUT2D eigenvalue weighted by Crippen LogP contribution is -3.00. The normalized spacial score (nSPS) is 9.87. The third-order valence-corrected chi connectivity index (χ3v) is 3.04. The van der Waals surface area contributed by atoms with Crippen molar-refractivity contribution in [2.75, 3.05) is 13.7 Å². The van der Waals surface area contributed by atoms with Gasteiger partial charge in [0.25, 0.3) is 0 Å². The Morgan fingerprint density at radius 2 is 2.17 bits per heavy atom. The van der Waals surface area contributed by atoms with Crippen LogP contribution in [0.5, 0.6) is 5.88 Å². The van der Waals surface area contributed by atoms with Gasteiger partial charge < -0.3 is 26.5 Å². The van der Waals surface area contributed by atoms with E-state index < -0.39 is 0 Å². The zero-order valence-corrected chi connectivity index (χ0v) is 15.0. The van der Waals surface area contributed by atoms with Crippen LogP contribution in [0, 0.1) is 0 Å². The van der Waals surface area contributed by atoms with Crippen LogP contribution in [0.4, 0.5) is 0 Å². The second kappa shape index (κ2) is 9.36. The molecule has 0 atom stereocenters. The van der Waals surface area contributed by atoms with Crippen LogP contribution < -0.4 is 26.4 Å². The number of hydrogen-bond donors (Lipinski definition) is 0. The van der Waals surface area contributed by atoms with Crippen LogP contribution in [-0.4, -0.2) is 34.8 Å². The summed E-state index contributed by atoms with van der Waals surface area (Å²) in [6, 6.07) is 1.81. The first kappa shape index (κ1) is 19.2. The van der Waals surface area contributed by atoms with Crippen molar-refractivity contribution >= 4 is 17.6 Å². The SMILES string of the molecule is CCOC(=O)CC[n+]1ccc(-c2ncc(Cl)c(OC)n2)cn1.[Br-]. The Morgan fingerprint density at radius 3 is 2.78 bits per heavy atom. The average Bonchev–Trinajstić information content (AvgIpc) is 2.54. The van der Waals surface area contributed by atoms with Crippen LogP contribution >= 0.6 is 11.6 Å². The lowest BCUT2D eigenvalue weighted by Gasteiger charge is -2.03. The van der Waals surface area contributed by atoms with Crippen molar-refractivity contribution in [2.24, 2.45) is 0 Å². The molecule has 124 valence electrons. The second-order valence-corrected chi connectivity index (χ2v) is 4.69. The predicted octanol–water partition coefficient (Wildman–Crippen LogP) is -1.55. The maximum atomic E-state index is 11.3. The van der Waals surface area contributed by atoms with E-state index in [2.05, 4.69) is 15.1 Å². The lowest BCUT2D eigenvalue weighted by molar-refractivity contribution is -0.752. The number of nitrogens with zero attached hydrogens (tertiary/aromatic N) is 4. The molecular weight excluding hydrogens is 388 g/mol. The van der Waals surface area contributed by atoms with Gasteiger partial charge in [-0.05, 0) is 12.0 Å². The smallest absolute Gasteiger partial charge is 0.312 e. The molecular formula is C14H16BrClN4O3. The van der Waals surface area contributed by atoms with Gasteiger partial charge in [-0.2, -0.15) is 4.98 Å². The summed E-state index contributed by atoms with van der Waals surface area (Å²) in [5.74, 6) is 0.531. The molecule has 23 heavy (non-hydrogen) atoms. The summed E-state index contributed by atoms with van der Waals surface area (Å²) in [5.41, 5.74) is 0.724. The number of esters is 1. The summed E-state index contributed by atoms with van der Waals surface area (Å²) in [6.07, 6.45) is 5.12. The Kier molecular flexibility index (Phi) is 7.84. The van der Waals surface area contributed by atoms with Crippen LogP contribution in [0.1, 0.15) is 13.3 Å². The number of hydrogen-bond acceptors (Lipinski definition) is 6. The maximum absolute atomic E-state index is 11.3. The van der Waals surface area contributed by atoms with E-state index in [1.807, 2.05) is 0 Å². The van der Waals surface area contributed by atoms with E-state index in [-0.39, 0.29) is 29.4 Å². The minimum Gasteiger partial charge on any atom is -1.00 e. The molecule has 0 radical (unpaired) electrons. The van der Waals surface area contributed by atoms with Gasteiger partial charge in [-0.3, -0.25) is 4.79 Å². The van der Waals surface area contributed by atoms with E-state index >= 15 is 0 Å². The lowest BCUT2D eigenvalue weighted by atomic mass is 10.3. The number of rotatable bonds is 6. The largest absolute Gasteiger partial charge is 1.00 e. The van der Waals surface area contributed by atoms with Crippen LogP contribution in [-0.2, 0) is 16.1 Å². The Labute approximate surface area is 149 Å². The molecule has 0 aliphatic carbocycles. The number of aryl methyl sites for hydroxylation is 1. The molecule has 0 aromatic carbocycles. The van der Waals surface area contributed by atoms with Crippen LogP contribution in [0.3, 0.4) is 0 Å². The van der Waals surface area contributed by atoms with Gasteiger partial charge in [0.2, 0.25) is 5.88 Å². The van der Waals surface area contributed by atoms with Gasteiger partial charge in [-0.15, -0.1) is 0 Å². The van der Waals surface area contributed by atoms with Crippen molar-refractivity contribution in [1.82, 2.24) is 15.1 Å². The van der Waals surface area contributed by atoms with Crippen LogP contribution in [0.25, 0.3) is 11.4 Å². The van der Waals surface area contributed by atoms with Crippen molar-refractivity contribution in [3.8, 4) is 17.3 Å². The van der Waals surface area contributed by atoms with Crippen LogP contribution in [0.15, 0.2) is 24.7 Å². The second-order valence-electron chi connectivity index (χ2n) is 4.28. The van der Waals surface area contributed by atoms with E-state index in [1.54, 1.807) is 30.1 Å². The standard InChI is InChI=1S/C14H16ClN4O3.BrH/c1-3-22-12(20)5-7-19-6-4-10(8-17-19)13-16-9-11(15)14(18-13)21-2;/h4,6,8-9H,3,5,7H2,1-2H3;1H/q+1;/p-1. The zero-order chi connectivity index (χ0) is 15.9. The van der Waals surface area contributed by atoms with E-state index in [0.29, 0.717) is 29.9 Å². The predicted molar refractivity (Wildman–Crippen MR) is 78.3 cm³/mol. The van der Waals surface area contributed by atoms with Crippen molar-refractivity contribution in [3.05, 3.63) is 29.7 Å². The summed E-state index contributed by atoms with van der Waals surface area (Å²) in [6.45, 7) is 2.61. The molecule has 0 bridgehead atoms. The molecule has 2 aromatic rings. The minimum absolute atomic E-state index is 0. The fraction of sp³-hybridized carbons (Fsp3) is 0.357. The summed E-state index contributed by atoms with van der Waals surface area (Å²) in [4.78, 5) is 19.6. The monoisotopic (exact) mass is 402 g/mol. The van der Waals surface area contributed by atoms with E-state index in [1.165, 1.54) is 13.3 Å². The molecule has 2 aromatic heterocycles. The Morgan fingerprint density at radius 1 is 1.39 bits per heavy atom. The molecule has 0 N–H and O–H groups in total. The average molecular weight is 404 g/mol. The molecule has 0 unspecified atom stereocenters. The molecule has 0 aliphatic rings. The van der Waals surface area contributed by atoms with Gasteiger partial charge in [0.05, 0.1) is 19.9 Å². The van der Waals surface area contributed by atoms with Crippen molar-refractivity contribution in [1.29, 1.82) is 0 Å². The molecule has 0 saturated carbocycles. The van der Waals surface area contributed by atoms with Crippen molar-refractivity contribution in [2.45, 2.75) is 19.9 Å². The number of aromatic nitrogens is 4. The van der Waals surface area contributed by atoms with E-state index in [0.717, 1.165) is 5.56 Å². The van der Waals surface area contributed by atoms with Gasteiger partial charge in [-0.25, -0.2) is 4.98 Å². The first-order valence-corrected chi connectivity index (χ1v) is 7.10. The van der Waals surface area contributed by atoms with Crippen molar-refractivity contribution in [3.63, 3.8) is 0 Å². The molecule has 0 saturated heterocycles. The molecule has 0 spiro atoms. The van der Waals surface area contributed by atoms with Gasteiger partial charge in [-0.1, -0.05) is 16.3 Å². The van der Waals surface area contributed by atoms with Gasteiger partial charge >= 0.3 is 5.97 Å². The number of methoxy groups -OCH3 is 1. The topological polar surface area (TPSA) is 78.1 Å². The Balaban J connectivity index is 0.00000264. The van der Waals surface area contributed by atoms with Gasteiger partial charge in [0, 0.05) is 11.6 Å². The number of carbonyl (C=O) groups excluding carboxylic acids is 1. The summed E-state index contributed by atoms with van der Waals surface area (Å²) in [7, 11) is 1.49. The molecule has 0 fully saturated rings. The van der Waals surface area contributed by atoms with Crippen molar-refractivity contribution < 1.29 is 35.9 Å². The maximum Gasteiger partial charge on any atom is 0.312 e. The highest BCUT2D eigenvalue weighted by atomic mass is 79.9. The molecule has 0 aliphatic heterocycles. The van der Waals surface area contributed by atoms with Gasteiger partial charge in [0.1, 0.15) is 17.6 Å². The van der Waals surface area contributed by atoms with E-state index in [4.69, 9.17) is 21.1 Å². The highest BCUT2D eigenvalue weighted by Crippen LogP contribution is 2.23. The molecule has 9 heteroatoms.